The lowest BCUT2D eigenvalue weighted by molar-refractivity contribution is -0.139. The standard InChI is InChI=1S/C18H14BrF3N4O2/c1-9-11-3-2-4-13(18(20,21)22)14(11)27-5-6-28-17-25-15-12(16(24-9)26-17)7-10(19)8-23-15/h2-4,7-9H,5-6H2,1H3,(H,23,24,25,26)/t9-/m1/s1. The molecule has 1 N–H and O–H groups in total. The number of para-hydroxylation sites is 1. The second kappa shape index (κ2) is 7.08. The largest absolute Gasteiger partial charge is 0.489 e. The Labute approximate surface area is 166 Å². The lowest BCUT2D eigenvalue weighted by Gasteiger charge is -2.21. The molecular formula is C18H14BrF3N4O2. The molecular weight excluding hydrogens is 441 g/mol. The van der Waals surface area contributed by atoms with Crippen molar-refractivity contribution in [1.29, 1.82) is 0 Å². The van der Waals surface area contributed by atoms with Gasteiger partial charge in [-0.25, -0.2) is 4.98 Å². The molecule has 0 saturated carbocycles. The summed E-state index contributed by atoms with van der Waals surface area (Å²) in [7, 11) is 0. The van der Waals surface area contributed by atoms with E-state index in [0.29, 0.717) is 22.4 Å². The highest BCUT2D eigenvalue weighted by atomic mass is 79.9. The van der Waals surface area contributed by atoms with Crippen molar-refractivity contribution < 1.29 is 22.6 Å². The molecule has 1 aliphatic rings. The summed E-state index contributed by atoms with van der Waals surface area (Å²) in [5.41, 5.74) is -0.0507. The summed E-state index contributed by atoms with van der Waals surface area (Å²) in [6.45, 7) is 1.64. The van der Waals surface area contributed by atoms with Crippen LogP contribution < -0.4 is 14.8 Å². The Bertz CT molecular complexity index is 1050. The monoisotopic (exact) mass is 454 g/mol. The van der Waals surface area contributed by atoms with Gasteiger partial charge in [-0.05, 0) is 35.0 Å². The van der Waals surface area contributed by atoms with E-state index in [9.17, 15) is 13.2 Å². The van der Waals surface area contributed by atoms with Crippen LogP contribution in [0.15, 0.2) is 34.9 Å². The molecule has 2 aromatic heterocycles. The fourth-order valence-corrected chi connectivity index (χ4v) is 3.31. The van der Waals surface area contributed by atoms with Gasteiger partial charge >= 0.3 is 12.2 Å². The lowest BCUT2D eigenvalue weighted by Crippen LogP contribution is -2.16. The minimum absolute atomic E-state index is 0.0124. The van der Waals surface area contributed by atoms with Crippen LogP contribution in [0.3, 0.4) is 0 Å². The van der Waals surface area contributed by atoms with Crippen LogP contribution in [0.2, 0.25) is 0 Å². The molecule has 2 bridgehead atoms. The molecule has 4 rings (SSSR count). The first-order valence-corrected chi connectivity index (χ1v) is 9.18. The van der Waals surface area contributed by atoms with Gasteiger partial charge in [0.2, 0.25) is 0 Å². The Balaban J connectivity index is 1.86. The van der Waals surface area contributed by atoms with Crippen molar-refractivity contribution in [2.24, 2.45) is 0 Å². The average molecular weight is 455 g/mol. The third-order valence-corrected chi connectivity index (χ3v) is 4.66. The Kier molecular flexibility index (Phi) is 4.74. The number of halogens is 4. The first-order chi connectivity index (χ1) is 13.3. The van der Waals surface area contributed by atoms with Crippen molar-refractivity contribution in [2.45, 2.75) is 19.1 Å². The van der Waals surface area contributed by atoms with Gasteiger partial charge in [-0.2, -0.15) is 23.1 Å². The summed E-state index contributed by atoms with van der Waals surface area (Å²) in [6, 6.07) is 5.29. The van der Waals surface area contributed by atoms with Gasteiger partial charge in [0.1, 0.15) is 24.8 Å². The Morgan fingerprint density at radius 3 is 2.75 bits per heavy atom. The van der Waals surface area contributed by atoms with Crippen molar-refractivity contribution in [3.63, 3.8) is 0 Å². The molecule has 0 aliphatic carbocycles. The van der Waals surface area contributed by atoms with E-state index < -0.39 is 17.8 Å². The molecule has 10 heteroatoms. The van der Waals surface area contributed by atoms with Crippen molar-refractivity contribution in [3.05, 3.63) is 46.1 Å². The second-order valence-corrected chi connectivity index (χ2v) is 7.08. The summed E-state index contributed by atoms with van der Waals surface area (Å²) in [6.07, 6.45) is -2.94. The summed E-state index contributed by atoms with van der Waals surface area (Å²) in [5.74, 6) is 0.191. The number of nitrogens with one attached hydrogen (secondary N) is 1. The van der Waals surface area contributed by atoms with Gasteiger partial charge in [-0.3, -0.25) is 0 Å². The first kappa shape index (κ1) is 18.7. The second-order valence-electron chi connectivity index (χ2n) is 6.16. The molecule has 3 heterocycles. The zero-order valence-electron chi connectivity index (χ0n) is 14.5. The van der Waals surface area contributed by atoms with Crippen LogP contribution in [-0.2, 0) is 6.18 Å². The minimum atomic E-state index is -4.54. The van der Waals surface area contributed by atoms with Crippen molar-refractivity contribution in [1.82, 2.24) is 15.0 Å². The van der Waals surface area contributed by atoms with E-state index in [-0.39, 0.29) is 25.0 Å². The molecule has 0 radical (unpaired) electrons. The highest BCUT2D eigenvalue weighted by Crippen LogP contribution is 2.41. The fourth-order valence-electron chi connectivity index (χ4n) is 2.98. The molecule has 0 unspecified atom stereocenters. The number of aromatic nitrogens is 3. The fraction of sp³-hybridized carbons (Fsp3) is 0.278. The Hall–Kier alpha value is -2.62. The quantitative estimate of drug-likeness (QED) is 0.528. The number of pyridine rings is 1. The summed E-state index contributed by atoms with van der Waals surface area (Å²) < 4.78 is 52.1. The predicted molar refractivity (Wildman–Crippen MR) is 99.5 cm³/mol. The molecule has 3 aromatic rings. The number of rotatable bonds is 0. The Morgan fingerprint density at radius 2 is 1.96 bits per heavy atom. The van der Waals surface area contributed by atoms with Crippen molar-refractivity contribution in [3.8, 4) is 11.8 Å². The third kappa shape index (κ3) is 3.56. The van der Waals surface area contributed by atoms with Crippen LogP contribution in [0.1, 0.15) is 24.1 Å². The van der Waals surface area contributed by atoms with Gasteiger partial charge in [-0.15, -0.1) is 0 Å². The van der Waals surface area contributed by atoms with Crippen LogP contribution in [0, 0.1) is 0 Å². The SMILES string of the molecule is C[C@H]1Nc2nc(nc3ncc(Br)cc23)OCCOc2c1cccc2C(F)(F)F. The molecule has 1 aliphatic heterocycles. The zero-order chi connectivity index (χ0) is 19.9. The summed E-state index contributed by atoms with van der Waals surface area (Å²) in [4.78, 5) is 12.8. The van der Waals surface area contributed by atoms with Crippen molar-refractivity contribution >= 4 is 32.8 Å². The highest BCUT2D eigenvalue weighted by molar-refractivity contribution is 9.10. The smallest absolute Gasteiger partial charge is 0.419 e. The van der Waals surface area contributed by atoms with Gasteiger partial charge in [0, 0.05) is 16.2 Å². The molecule has 0 fully saturated rings. The van der Waals surface area contributed by atoms with E-state index in [1.54, 1.807) is 25.3 Å². The number of alkyl halides is 3. The number of nitrogens with zero attached hydrogens (tertiary/aromatic N) is 3. The molecule has 6 nitrogen and oxygen atoms in total. The average Bonchev–Trinajstić information content (AvgIpc) is 2.66. The number of fused-ring (bicyclic) bond motifs is 5. The molecule has 1 aromatic carbocycles. The minimum Gasteiger partial charge on any atom is -0.489 e. The van der Waals surface area contributed by atoms with Crippen LogP contribution in [0.25, 0.3) is 11.0 Å². The third-order valence-electron chi connectivity index (χ3n) is 4.23. The van der Waals surface area contributed by atoms with Crippen LogP contribution in [0.5, 0.6) is 11.8 Å². The topological polar surface area (TPSA) is 69.2 Å². The number of hydrogen-bond acceptors (Lipinski definition) is 6. The maximum atomic E-state index is 13.5. The molecule has 0 spiro atoms. The lowest BCUT2D eigenvalue weighted by atomic mass is 10.0. The Morgan fingerprint density at radius 1 is 1.18 bits per heavy atom. The molecule has 146 valence electrons. The van der Waals surface area contributed by atoms with Crippen LogP contribution in [-0.4, -0.2) is 28.2 Å². The highest BCUT2D eigenvalue weighted by Gasteiger charge is 2.36. The van der Waals surface area contributed by atoms with Gasteiger partial charge in [-0.1, -0.05) is 12.1 Å². The summed E-state index contributed by atoms with van der Waals surface area (Å²) in [5, 5.41) is 3.76. The van der Waals surface area contributed by atoms with E-state index in [1.165, 1.54) is 6.07 Å². The van der Waals surface area contributed by atoms with E-state index in [0.717, 1.165) is 10.5 Å². The van der Waals surface area contributed by atoms with E-state index in [1.807, 2.05) is 0 Å². The number of ether oxygens (including phenoxy) is 2. The van der Waals surface area contributed by atoms with Gasteiger partial charge < -0.3 is 14.8 Å². The number of hydrogen-bond donors (Lipinski definition) is 1. The van der Waals surface area contributed by atoms with Crippen LogP contribution in [0.4, 0.5) is 19.0 Å². The van der Waals surface area contributed by atoms with Gasteiger partial charge in [0.15, 0.2) is 5.65 Å². The van der Waals surface area contributed by atoms with E-state index in [4.69, 9.17) is 9.47 Å². The van der Waals surface area contributed by atoms with E-state index in [2.05, 4.69) is 36.2 Å². The maximum absolute atomic E-state index is 13.5. The van der Waals surface area contributed by atoms with E-state index >= 15 is 0 Å². The van der Waals surface area contributed by atoms with Crippen LogP contribution >= 0.6 is 15.9 Å². The molecule has 0 saturated heterocycles. The predicted octanol–water partition coefficient (Wildman–Crippen LogP) is 4.75. The number of benzene rings is 1. The maximum Gasteiger partial charge on any atom is 0.419 e. The van der Waals surface area contributed by atoms with Gasteiger partial charge in [0.25, 0.3) is 0 Å². The summed E-state index contributed by atoms with van der Waals surface area (Å²) >= 11 is 3.36. The molecule has 1 atom stereocenters. The first-order valence-electron chi connectivity index (χ1n) is 8.38. The zero-order valence-corrected chi connectivity index (χ0v) is 16.1. The van der Waals surface area contributed by atoms with Gasteiger partial charge in [0.05, 0.1) is 17.0 Å². The number of anilines is 1. The normalized spacial score (nSPS) is 17.0. The van der Waals surface area contributed by atoms with Crippen molar-refractivity contribution in [2.75, 3.05) is 18.5 Å². The molecule has 28 heavy (non-hydrogen) atoms. The molecule has 0 amide bonds.